The Morgan fingerprint density at radius 3 is 2.59 bits per heavy atom. The van der Waals surface area contributed by atoms with E-state index in [2.05, 4.69) is 0 Å². The Labute approximate surface area is 158 Å². The molecular formula is C21H21NO4S. The fourth-order valence-corrected chi connectivity index (χ4v) is 4.80. The lowest BCUT2D eigenvalue weighted by Gasteiger charge is -2.09. The molecule has 1 saturated carbocycles. The zero-order chi connectivity index (χ0) is 19.2. The fraction of sp³-hybridized carbons (Fsp3) is 0.286. The van der Waals surface area contributed by atoms with Gasteiger partial charge in [0.25, 0.3) is 10.0 Å². The molecule has 0 N–H and O–H groups in total. The largest absolute Gasteiger partial charge is 0.466 e. The highest BCUT2D eigenvalue weighted by atomic mass is 32.2. The van der Waals surface area contributed by atoms with Crippen LogP contribution in [0.2, 0.25) is 0 Å². The highest BCUT2D eigenvalue weighted by Crippen LogP contribution is 2.48. The van der Waals surface area contributed by atoms with Gasteiger partial charge in [0.05, 0.1) is 22.9 Å². The highest BCUT2D eigenvalue weighted by molar-refractivity contribution is 7.90. The molecule has 2 aromatic carbocycles. The van der Waals surface area contributed by atoms with Crippen LogP contribution in [0.15, 0.2) is 59.6 Å². The first-order chi connectivity index (χ1) is 12.9. The Balaban J connectivity index is 1.71. The van der Waals surface area contributed by atoms with Crippen molar-refractivity contribution < 1.29 is 17.9 Å². The van der Waals surface area contributed by atoms with Crippen molar-refractivity contribution in [1.82, 2.24) is 3.97 Å². The monoisotopic (exact) mass is 383 g/mol. The van der Waals surface area contributed by atoms with Crippen LogP contribution in [0.4, 0.5) is 0 Å². The van der Waals surface area contributed by atoms with E-state index in [0.29, 0.717) is 12.1 Å². The molecule has 3 aromatic rings. The molecule has 0 spiro atoms. The van der Waals surface area contributed by atoms with Crippen LogP contribution in [0.5, 0.6) is 0 Å². The number of hydrogen-bond acceptors (Lipinski definition) is 4. The molecule has 0 bridgehead atoms. The van der Waals surface area contributed by atoms with Crippen molar-refractivity contribution in [1.29, 1.82) is 0 Å². The van der Waals surface area contributed by atoms with E-state index < -0.39 is 10.0 Å². The number of esters is 1. The van der Waals surface area contributed by atoms with Gasteiger partial charge in [0.1, 0.15) is 0 Å². The predicted octanol–water partition coefficient (Wildman–Crippen LogP) is 3.85. The molecule has 1 aromatic heterocycles. The molecule has 0 radical (unpaired) electrons. The third kappa shape index (κ3) is 3.14. The molecule has 0 aliphatic heterocycles. The topological polar surface area (TPSA) is 65.4 Å². The van der Waals surface area contributed by atoms with Gasteiger partial charge < -0.3 is 4.74 Å². The number of fused-ring (bicyclic) bond motifs is 1. The van der Waals surface area contributed by atoms with Gasteiger partial charge in [-0.3, -0.25) is 4.79 Å². The summed E-state index contributed by atoms with van der Waals surface area (Å²) in [5.41, 5.74) is 2.61. The average molecular weight is 383 g/mol. The molecule has 6 heteroatoms. The molecule has 5 nitrogen and oxygen atoms in total. The minimum absolute atomic E-state index is 0.0962. The minimum Gasteiger partial charge on any atom is -0.466 e. The summed E-state index contributed by atoms with van der Waals surface area (Å²) in [4.78, 5) is 12.2. The number of hydrogen-bond donors (Lipinski definition) is 0. The van der Waals surface area contributed by atoms with E-state index in [4.69, 9.17) is 4.74 Å². The molecular weight excluding hydrogens is 362 g/mol. The van der Waals surface area contributed by atoms with E-state index in [1.165, 1.54) is 3.97 Å². The van der Waals surface area contributed by atoms with Crippen molar-refractivity contribution >= 4 is 26.9 Å². The maximum atomic E-state index is 13.1. The van der Waals surface area contributed by atoms with E-state index in [0.717, 1.165) is 22.9 Å². The van der Waals surface area contributed by atoms with Crippen molar-refractivity contribution in [3.05, 3.63) is 65.9 Å². The van der Waals surface area contributed by atoms with Crippen molar-refractivity contribution in [2.75, 3.05) is 6.61 Å². The van der Waals surface area contributed by atoms with Gasteiger partial charge in [-0.15, -0.1) is 0 Å². The SMILES string of the molecule is CCOC(=O)[C@@H]1C[C@H]1c1ccc2ccn(S(=O)(=O)c3ccc(C)cc3)c2c1. The van der Waals surface area contributed by atoms with Gasteiger partial charge in [-0.05, 0) is 56.0 Å². The third-order valence-electron chi connectivity index (χ3n) is 5.07. The molecule has 2 atom stereocenters. The number of ether oxygens (including phenoxy) is 1. The second-order valence-corrected chi connectivity index (χ2v) is 8.76. The average Bonchev–Trinajstić information content (AvgIpc) is 3.33. The zero-order valence-electron chi connectivity index (χ0n) is 15.3. The summed E-state index contributed by atoms with van der Waals surface area (Å²) < 4.78 is 32.5. The maximum absolute atomic E-state index is 13.1. The van der Waals surface area contributed by atoms with Crippen LogP contribution in [0, 0.1) is 12.8 Å². The van der Waals surface area contributed by atoms with Crippen LogP contribution < -0.4 is 0 Å². The van der Waals surface area contributed by atoms with Crippen molar-refractivity contribution in [2.45, 2.75) is 31.1 Å². The fourth-order valence-electron chi connectivity index (χ4n) is 3.46. The van der Waals surface area contributed by atoms with Crippen LogP contribution >= 0.6 is 0 Å². The Morgan fingerprint density at radius 2 is 1.89 bits per heavy atom. The second-order valence-electron chi connectivity index (χ2n) is 6.95. The normalized spacial score (nSPS) is 19.2. The molecule has 0 amide bonds. The number of nitrogens with zero attached hydrogens (tertiary/aromatic N) is 1. The third-order valence-corrected chi connectivity index (χ3v) is 6.77. The summed E-state index contributed by atoms with van der Waals surface area (Å²) in [6.07, 6.45) is 2.33. The molecule has 27 heavy (non-hydrogen) atoms. The number of aryl methyl sites for hydroxylation is 1. The van der Waals surface area contributed by atoms with E-state index in [1.54, 1.807) is 43.5 Å². The summed E-state index contributed by atoms with van der Waals surface area (Å²) >= 11 is 0. The zero-order valence-corrected chi connectivity index (χ0v) is 16.1. The molecule has 0 saturated heterocycles. The van der Waals surface area contributed by atoms with Gasteiger partial charge in [-0.25, -0.2) is 12.4 Å². The van der Waals surface area contributed by atoms with Crippen molar-refractivity contribution in [2.24, 2.45) is 5.92 Å². The van der Waals surface area contributed by atoms with Gasteiger partial charge in [-0.1, -0.05) is 29.8 Å². The van der Waals surface area contributed by atoms with E-state index in [1.807, 2.05) is 25.1 Å². The second kappa shape index (κ2) is 6.53. The molecule has 1 heterocycles. The van der Waals surface area contributed by atoms with Crippen LogP contribution in [0.3, 0.4) is 0 Å². The summed E-state index contributed by atoms with van der Waals surface area (Å²) in [7, 11) is -3.67. The van der Waals surface area contributed by atoms with Crippen molar-refractivity contribution in [3.63, 3.8) is 0 Å². The first-order valence-corrected chi connectivity index (χ1v) is 10.5. The molecule has 0 unspecified atom stereocenters. The van der Waals surface area contributed by atoms with E-state index in [9.17, 15) is 13.2 Å². The van der Waals surface area contributed by atoms with Gasteiger partial charge in [0, 0.05) is 11.6 Å². The maximum Gasteiger partial charge on any atom is 0.309 e. The smallest absolute Gasteiger partial charge is 0.309 e. The van der Waals surface area contributed by atoms with E-state index in [-0.39, 0.29) is 22.7 Å². The van der Waals surface area contributed by atoms with E-state index >= 15 is 0 Å². The van der Waals surface area contributed by atoms with Gasteiger partial charge in [0.2, 0.25) is 0 Å². The van der Waals surface area contributed by atoms with Crippen LogP contribution in [-0.4, -0.2) is 25.0 Å². The molecule has 4 rings (SSSR count). The first kappa shape index (κ1) is 17.8. The standard InChI is InChI=1S/C21H21NO4S/c1-3-26-21(23)19-13-18(19)16-7-6-15-10-11-22(20(15)12-16)27(24,25)17-8-4-14(2)5-9-17/h4-12,18-19H,3,13H2,1-2H3/t18-,19+/m0/s1. The van der Waals surface area contributed by atoms with Crippen LogP contribution in [0.1, 0.15) is 30.4 Å². The molecule has 1 aliphatic carbocycles. The Kier molecular flexibility index (Phi) is 4.30. The number of carbonyl (C=O) groups is 1. The number of carbonyl (C=O) groups excluding carboxylic acids is 1. The number of benzene rings is 2. The summed E-state index contributed by atoms with van der Waals surface area (Å²) in [6, 6.07) is 14.4. The summed E-state index contributed by atoms with van der Waals surface area (Å²) in [5.74, 6) is -0.205. The number of rotatable bonds is 5. The quantitative estimate of drug-likeness (QED) is 0.628. The summed E-state index contributed by atoms with van der Waals surface area (Å²) in [5, 5.41) is 0.850. The minimum atomic E-state index is -3.67. The molecule has 1 fully saturated rings. The number of aromatic nitrogens is 1. The van der Waals surface area contributed by atoms with Gasteiger partial charge in [-0.2, -0.15) is 0 Å². The molecule has 1 aliphatic rings. The van der Waals surface area contributed by atoms with Crippen molar-refractivity contribution in [3.8, 4) is 0 Å². The van der Waals surface area contributed by atoms with Gasteiger partial charge >= 0.3 is 5.97 Å². The first-order valence-electron chi connectivity index (χ1n) is 9.01. The lowest BCUT2D eigenvalue weighted by atomic mass is 10.1. The Bertz CT molecular complexity index is 1110. The Morgan fingerprint density at radius 1 is 1.15 bits per heavy atom. The van der Waals surface area contributed by atoms with Crippen LogP contribution in [0.25, 0.3) is 10.9 Å². The van der Waals surface area contributed by atoms with Crippen LogP contribution in [-0.2, 0) is 19.6 Å². The van der Waals surface area contributed by atoms with Gasteiger partial charge in [0.15, 0.2) is 0 Å². The summed E-state index contributed by atoms with van der Waals surface area (Å²) in [6.45, 7) is 4.09. The highest BCUT2D eigenvalue weighted by Gasteiger charge is 2.45. The molecule has 140 valence electrons. The lowest BCUT2D eigenvalue weighted by molar-refractivity contribution is -0.144. The Hall–Kier alpha value is -2.60. The lowest BCUT2D eigenvalue weighted by Crippen LogP contribution is -2.12. The predicted molar refractivity (Wildman–Crippen MR) is 103 cm³/mol.